The minimum absolute atomic E-state index is 0.0854. The lowest BCUT2D eigenvalue weighted by atomic mass is 10.1. The summed E-state index contributed by atoms with van der Waals surface area (Å²) in [6.45, 7) is 7.54. The maximum atomic E-state index is 13.4. The van der Waals surface area contributed by atoms with E-state index in [2.05, 4.69) is 24.0 Å². The van der Waals surface area contributed by atoms with Crippen LogP contribution in [0.15, 0.2) is 71.6 Å². The predicted octanol–water partition coefficient (Wildman–Crippen LogP) is 4.24. The summed E-state index contributed by atoms with van der Waals surface area (Å²) in [5.74, 6) is 0.270. The van der Waals surface area contributed by atoms with Crippen LogP contribution in [-0.2, 0) is 25.1 Å². The molecule has 0 saturated carbocycles. The number of piperazine rings is 1. The summed E-state index contributed by atoms with van der Waals surface area (Å²) in [5, 5.41) is 0. The van der Waals surface area contributed by atoms with Crippen molar-refractivity contribution in [3.8, 4) is 5.75 Å². The van der Waals surface area contributed by atoms with Crippen LogP contribution in [0.25, 0.3) is 0 Å². The van der Waals surface area contributed by atoms with Crippen molar-refractivity contribution in [2.75, 3.05) is 58.2 Å². The molecule has 0 unspecified atom stereocenters. The number of aryl methyl sites for hydroxylation is 2. The highest BCUT2D eigenvalue weighted by atomic mass is 32.2. The molecule has 0 N–H and O–H groups in total. The van der Waals surface area contributed by atoms with Crippen LogP contribution in [0.1, 0.15) is 27.0 Å². The summed E-state index contributed by atoms with van der Waals surface area (Å²) in [5.41, 5.74) is 4.21. The molecule has 1 fully saturated rings. The van der Waals surface area contributed by atoms with Gasteiger partial charge in [0.15, 0.2) is 16.6 Å². The first-order valence-electron chi connectivity index (χ1n) is 13.0. The summed E-state index contributed by atoms with van der Waals surface area (Å²) in [6, 6.07) is 19.9. The quantitative estimate of drug-likeness (QED) is 0.260. The molecule has 9 heteroatoms. The number of anilines is 1. The minimum atomic E-state index is -3.66. The number of hydrogen-bond acceptors (Lipinski definition) is 7. The number of amides is 1. The van der Waals surface area contributed by atoms with Crippen molar-refractivity contribution >= 4 is 21.4 Å². The molecule has 0 spiro atoms. The Hall–Kier alpha value is -3.40. The van der Waals surface area contributed by atoms with Gasteiger partial charge in [0.25, 0.3) is 5.91 Å². The van der Waals surface area contributed by atoms with Crippen LogP contribution in [0.2, 0.25) is 0 Å². The third-order valence-electron chi connectivity index (χ3n) is 6.84. The molecule has 0 aromatic heterocycles. The fraction of sp³-hybridized carbons (Fsp3) is 0.367. The minimum Gasteiger partial charge on any atom is -0.468 e. The van der Waals surface area contributed by atoms with Gasteiger partial charge in [-0.25, -0.2) is 8.42 Å². The van der Waals surface area contributed by atoms with E-state index in [1.807, 2.05) is 24.0 Å². The molecule has 8 nitrogen and oxygen atoms in total. The molecule has 1 saturated heterocycles. The molecule has 1 aliphatic heterocycles. The van der Waals surface area contributed by atoms with Crippen LogP contribution >= 0.6 is 0 Å². The molecular weight excluding hydrogens is 516 g/mol. The summed E-state index contributed by atoms with van der Waals surface area (Å²) < 4.78 is 42.2. The molecular formula is C30H36N2O6S. The third kappa shape index (κ3) is 7.38. The highest BCUT2D eigenvalue weighted by molar-refractivity contribution is 7.90. The number of sulfone groups is 1. The van der Waals surface area contributed by atoms with Gasteiger partial charge in [-0.3, -0.25) is 4.79 Å². The van der Waals surface area contributed by atoms with Crippen LogP contribution in [-0.4, -0.2) is 72.5 Å². The molecule has 0 radical (unpaired) electrons. The first-order chi connectivity index (χ1) is 18.8. The summed E-state index contributed by atoms with van der Waals surface area (Å²) >= 11 is 0. The number of benzene rings is 3. The first-order valence-corrected chi connectivity index (χ1v) is 14.7. The monoisotopic (exact) mass is 552 g/mol. The Balaban J connectivity index is 1.39. The van der Waals surface area contributed by atoms with Gasteiger partial charge < -0.3 is 24.0 Å². The maximum Gasteiger partial charge on any atom is 0.254 e. The smallest absolute Gasteiger partial charge is 0.254 e. The van der Waals surface area contributed by atoms with Crippen LogP contribution in [0.5, 0.6) is 5.75 Å². The number of rotatable bonds is 11. The lowest BCUT2D eigenvalue weighted by molar-refractivity contribution is -0.00847. The number of para-hydroxylation sites is 1. The maximum absolute atomic E-state index is 13.4. The van der Waals surface area contributed by atoms with E-state index in [0.29, 0.717) is 43.2 Å². The number of carbonyl (C=O) groups excluding carboxylic acids is 1. The van der Waals surface area contributed by atoms with E-state index < -0.39 is 9.84 Å². The fourth-order valence-electron chi connectivity index (χ4n) is 4.56. The number of methoxy groups -OCH3 is 1. The van der Waals surface area contributed by atoms with Crippen molar-refractivity contribution in [3.05, 3.63) is 89.0 Å². The Morgan fingerprint density at radius 3 is 2.28 bits per heavy atom. The normalized spacial score (nSPS) is 13.9. The van der Waals surface area contributed by atoms with E-state index in [4.69, 9.17) is 14.2 Å². The molecule has 0 bridgehead atoms. The number of hydrogen-bond donors (Lipinski definition) is 0. The van der Waals surface area contributed by atoms with Crippen molar-refractivity contribution in [1.29, 1.82) is 0 Å². The number of carbonyl (C=O) groups is 1. The zero-order valence-electron chi connectivity index (χ0n) is 22.8. The van der Waals surface area contributed by atoms with Gasteiger partial charge in [0.05, 0.1) is 23.9 Å². The molecule has 208 valence electrons. The SMILES string of the molecule is COCCOCOc1ccc(CS(=O)(=O)c2ccc(C)c(C(=O)N3CCN(c4ccccc4C)CC3)c2)cc1. The fourth-order valence-corrected chi connectivity index (χ4v) is 5.93. The second kappa shape index (κ2) is 13.1. The molecule has 0 atom stereocenters. The van der Waals surface area contributed by atoms with Gasteiger partial charge in [0, 0.05) is 44.5 Å². The van der Waals surface area contributed by atoms with E-state index in [1.54, 1.807) is 43.5 Å². The lowest BCUT2D eigenvalue weighted by Gasteiger charge is -2.37. The van der Waals surface area contributed by atoms with Crippen LogP contribution in [0.3, 0.4) is 0 Å². The molecule has 1 aliphatic rings. The van der Waals surface area contributed by atoms with Crippen molar-refractivity contribution in [1.82, 2.24) is 4.90 Å². The molecule has 3 aromatic rings. The number of ether oxygens (including phenoxy) is 3. The van der Waals surface area contributed by atoms with E-state index >= 15 is 0 Å². The molecule has 3 aromatic carbocycles. The Labute approximate surface area is 231 Å². The van der Waals surface area contributed by atoms with Crippen LogP contribution < -0.4 is 9.64 Å². The zero-order valence-corrected chi connectivity index (χ0v) is 23.6. The third-order valence-corrected chi connectivity index (χ3v) is 8.53. The molecule has 39 heavy (non-hydrogen) atoms. The Kier molecular flexibility index (Phi) is 9.61. The molecule has 1 heterocycles. The largest absolute Gasteiger partial charge is 0.468 e. The lowest BCUT2D eigenvalue weighted by Crippen LogP contribution is -2.49. The standard InChI is InChI=1S/C30H36N2O6S/c1-23-8-13-27(39(34,35)21-25-9-11-26(12-10-25)38-22-37-19-18-36-3)20-28(23)30(33)32-16-14-31(15-17-32)29-7-5-4-6-24(29)2/h4-13,20H,14-19,21-22H2,1-3H3. The van der Waals surface area contributed by atoms with Gasteiger partial charge in [-0.2, -0.15) is 0 Å². The van der Waals surface area contributed by atoms with Crippen molar-refractivity contribution in [2.45, 2.75) is 24.5 Å². The van der Waals surface area contributed by atoms with E-state index in [-0.39, 0.29) is 23.3 Å². The topological polar surface area (TPSA) is 85.4 Å². The second-order valence-corrected chi connectivity index (χ2v) is 11.6. The highest BCUT2D eigenvalue weighted by Crippen LogP contribution is 2.25. The van der Waals surface area contributed by atoms with Crippen molar-refractivity contribution < 1.29 is 27.4 Å². The summed E-state index contributed by atoms with van der Waals surface area (Å²) in [7, 11) is -2.07. The van der Waals surface area contributed by atoms with Gasteiger partial charge >= 0.3 is 0 Å². The van der Waals surface area contributed by atoms with E-state index in [0.717, 1.165) is 18.7 Å². The highest BCUT2D eigenvalue weighted by Gasteiger charge is 2.25. The predicted molar refractivity (Wildman–Crippen MR) is 151 cm³/mol. The average molecular weight is 553 g/mol. The van der Waals surface area contributed by atoms with Crippen LogP contribution in [0.4, 0.5) is 5.69 Å². The van der Waals surface area contributed by atoms with E-state index in [9.17, 15) is 13.2 Å². The first kappa shape index (κ1) is 28.6. The Morgan fingerprint density at radius 1 is 0.872 bits per heavy atom. The van der Waals surface area contributed by atoms with E-state index in [1.165, 1.54) is 17.3 Å². The zero-order chi connectivity index (χ0) is 27.8. The number of nitrogens with zero attached hydrogens (tertiary/aromatic N) is 2. The van der Waals surface area contributed by atoms with Gasteiger partial charge in [0.2, 0.25) is 0 Å². The second-order valence-electron chi connectivity index (χ2n) is 9.61. The summed E-state index contributed by atoms with van der Waals surface area (Å²) in [6.07, 6.45) is 0. The van der Waals surface area contributed by atoms with Gasteiger partial charge in [-0.1, -0.05) is 36.4 Å². The summed E-state index contributed by atoms with van der Waals surface area (Å²) in [4.78, 5) is 17.7. The van der Waals surface area contributed by atoms with Gasteiger partial charge in [-0.05, 0) is 60.9 Å². The molecule has 1 amide bonds. The van der Waals surface area contributed by atoms with Crippen molar-refractivity contribution in [2.24, 2.45) is 0 Å². The van der Waals surface area contributed by atoms with Gasteiger partial charge in [-0.15, -0.1) is 0 Å². The van der Waals surface area contributed by atoms with Gasteiger partial charge in [0.1, 0.15) is 5.75 Å². The molecule has 4 rings (SSSR count). The Morgan fingerprint density at radius 2 is 1.59 bits per heavy atom. The van der Waals surface area contributed by atoms with Crippen molar-refractivity contribution in [3.63, 3.8) is 0 Å². The average Bonchev–Trinajstić information content (AvgIpc) is 2.94. The Bertz CT molecular complexity index is 1370. The molecule has 0 aliphatic carbocycles. The van der Waals surface area contributed by atoms with Crippen LogP contribution in [0, 0.1) is 13.8 Å².